The van der Waals surface area contributed by atoms with E-state index in [1.165, 1.54) is 22.9 Å². The van der Waals surface area contributed by atoms with E-state index in [1.807, 2.05) is 13.1 Å². The molecular weight excluding hydrogens is 261 g/mol. The molecule has 1 atom stereocenters. The minimum absolute atomic E-state index is 0.0192. The average Bonchev–Trinajstić information content (AvgIpc) is 2.88. The number of ether oxygens (including phenoxy) is 1. The van der Waals surface area contributed by atoms with Crippen molar-refractivity contribution in [2.24, 2.45) is 0 Å². The highest BCUT2D eigenvalue weighted by Crippen LogP contribution is 2.30. The Kier molecular flexibility index (Phi) is 4.56. The van der Waals surface area contributed by atoms with E-state index in [0.29, 0.717) is 0 Å². The van der Waals surface area contributed by atoms with Crippen LogP contribution in [0.3, 0.4) is 0 Å². The fourth-order valence-electron chi connectivity index (χ4n) is 2.08. The van der Waals surface area contributed by atoms with Crippen LogP contribution in [0, 0.1) is 5.82 Å². The molecule has 0 aliphatic carbocycles. The molecular formula is C15H18FNOS. The van der Waals surface area contributed by atoms with E-state index < -0.39 is 0 Å². The molecule has 4 heteroatoms. The lowest BCUT2D eigenvalue weighted by Crippen LogP contribution is -2.16. The van der Waals surface area contributed by atoms with Crippen molar-refractivity contribution in [2.45, 2.75) is 19.4 Å². The van der Waals surface area contributed by atoms with Crippen molar-refractivity contribution in [1.82, 2.24) is 5.32 Å². The predicted molar refractivity (Wildman–Crippen MR) is 77.6 cm³/mol. The maximum atomic E-state index is 13.8. The molecule has 0 saturated heterocycles. The summed E-state index contributed by atoms with van der Waals surface area (Å²) >= 11 is 1.76. The molecule has 2 nitrogen and oxygen atoms in total. The number of rotatable bonds is 5. The zero-order valence-electron chi connectivity index (χ0n) is 11.4. The molecule has 2 aromatic rings. The van der Waals surface area contributed by atoms with Crippen molar-refractivity contribution in [3.8, 4) is 5.75 Å². The number of nitrogens with one attached hydrogen (secondary N) is 1. The summed E-state index contributed by atoms with van der Waals surface area (Å²) in [6, 6.07) is 9.35. The maximum absolute atomic E-state index is 13.8. The quantitative estimate of drug-likeness (QED) is 0.899. The van der Waals surface area contributed by atoms with E-state index in [1.54, 1.807) is 17.4 Å². The van der Waals surface area contributed by atoms with Crippen LogP contribution in [0.5, 0.6) is 5.75 Å². The summed E-state index contributed by atoms with van der Waals surface area (Å²) in [6.07, 6.45) is 1.03. The van der Waals surface area contributed by atoms with Gasteiger partial charge < -0.3 is 10.1 Å². The summed E-state index contributed by atoms with van der Waals surface area (Å²) in [5, 5.41) is 3.24. The zero-order valence-corrected chi connectivity index (χ0v) is 12.2. The van der Waals surface area contributed by atoms with Gasteiger partial charge in [-0.3, -0.25) is 0 Å². The molecule has 0 spiro atoms. The van der Waals surface area contributed by atoms with Gasteiger partial charge in [-0.2, -0.15) is 0 Å². The molecule has 0 radical (unpaired) electrons. The smallest absolute Gasteiger partial charge is 0.165 e. The molecule has 1 aromatic heterocycles. The molecule has 1 unspecified atom stereocenters. The van der Waals surface area contributed by atoms with Gasteiger partial charge in [-0.25, -0.2) is 4.39 Å². The number of methoxy groups -OCH3 is 1. The molecule has 19 heavy (non-hydrogen) atoms. The van der Waals surface area contributed by atoms with Crippen LogP contribution in [0.1, 0.15) is 28.3 Å². The van der Waals surface area contributed by atoms with Gasteiger partial charge in [0, 0.05) is 9.75 Å². The second kappa shape index (κ2) is 6.17. The first-order valence-electron chi connectivity index (χ1n) is 6.29. The standard InChI is InChI=1S/C15H18FNOS/c1-4-11-6-8-14(19-11)15(17-2)10-5-7-13(18-3)12(16)9-10/h5-9,15,17H,4H2,1-3H3. The van der Waals surface area contributed by atoms with Crippen molar-refractivity contribution in [3.63, 3.8) is 0 Å². The third kappa shape index (κ3) is 2.96. The van der Waals surface area contributed by atoms with Crippen molar-refractivity contribution >= 4 is 11.3 Å². The van der Waals surface area contributed by atoms with E-state index in [4.69, 9.17) is 4.74 Å². The van der Waals surface area contributed by atoms with Crippen molar-refractivity contribution in [1.29, 1.82) is 0 Å². The van der Waals surface area contributed by atoms with Crippen LogP contribution in [0.4, 0.5) is 4.39 Å². The van der Waals surface area contributed by atoms with E-state index in [9.17, 15) is 4.39 Å². The lowest BCUT2D eigenvalue weighted by Gasteiger charge is -2.16. The zero-order chi connectivity index (χ0) is 13.8. The van der Waals surface area contributed by atoms with Crippen molar-refractivity contribution < 1.29 is 9.13 Å². The molecule has 1 aromatic carbocycles. The Labute approximate surface area is 117 Å². The minimum atomic E-state index is -0.326. The van der Waals surface area contributed by atoms with Gasteiger partial charge in [-0.05, 0) is 43.3 Å². The predicted octanol–water partition coefficient (Wildman–Crippen LogP) is 3.77. The van der Waals surface area contributed by atoms with Gasteiger partial charge in [0.1, 0.15) is 0 Å². The van der Waals surface area contributed by atoms with Gasteiger partial charge in [0.15, 0.2) is 11.6 Å². The van der Waals surface area contributed by atoms with Crippen LogP contribution in [0.2, 0.25) is 0 Å². The van der Waals surface area contributed by atoms with Gasteiger partial charge in [-0.1, -0.05) is 13.0 Å². The summed E-state index contributed by atoms with van der Waals surface area (Å²) in [5.41, 5.74) is 0.908. The Morgan fingerprint density at radius 1 is 1.32 bits per heavy atom. The fourth-order valence-corrected chi connectivity index (χ4v) is 3.17. The first kappa shape index (κ1) is 14.0. The third-order valence-electron chi connectivity index (χ3n) is 3.11. The number of thiophene rings is 1. The molecule has 102 valence electrons. The van der Waals surface area contributed by atoms with Crippen molar-refractivity contribution in [3.05, 3.63) is 51.5 Å². The molecule has 0 fully saturated rings. The fraction of sp³-hybridized carbons (Fsp3) is 0.333. The topological polar surface area (TPSA) is 21.3 Å². The Bertz CT molecular complexity index is 553. The average molecular weight is 279 g/mol. The first-order valence-corrected chi connectivity index (χ1v) is 7.10. The van der Waals surface area contributed by atoms with Crippen molar-refractivity contribution in [2.75, 3.05) is 14.2 Å². The Balaban J connectivity index is 2.33. The van der Waals surface area contributed by atoms with Gasteiger partial charge in [0.05, 0.1) is 13.2 Å². The number of benzene rings is 1. The highest BCUT2D eigenvalue weighted by atomic mass is 32.1. The number of halogens is 1. The Morgan fingerprint density at radius 2 is 2.11 bits per heavy atom. The van der Waals surface area contributed by atoms with Gasteiger partial charge >= 0.3 is 0 Å². The van der Waals surface area contributed by atoms with Gasteiger partial charge in [-0.15, -0.1) is 11.3 Å². The Morgan fingerprint density at radius 3 is 2.63 bits per heavy atom. The summed E-state index contributed by atoms with van der Waals surface area (Å²) in [5.74, 6) is -0.0495. The van der Waals surface area contributed by atoms with Gasteiger partial charge in [0.2, 0.25) is 0 Å². The first-order chi connectivity index (χ1) is 9.19. The molecule has 0 saturated carbocycles. The molecule has 1 N–H and O–H groups in total. The van der Waals surface area contributed by atoms with E-state index in [2.05, 4.69) is 24.4 Å². The normalized spacial score (nSPS) is 12.4. The lowest BCUT2D eigenvalue weighted by atomic mass is 10.1. The highest BCUT2D eigenvalue weighted by Gasteiger charge is 2.16. The molecule has 1 heterocycles. The molecule has 0 amide bonds. The van der Waals surface area contributed by atoms with Gasteiger partial charge in [0.25, 0.3) is 0 Å². The third-order valence-corrected chi connectivity index (χ3v) is 4.41. The van der Waals surface area contributed by atoms with Crippen LogP contribution in [-0.2, 0) is 6.42 Å². The SMILES string of the molecule is CCc1ccc(C(NC)c2ccc(OC)c(F)c2)s1. The van der Waals surface area contributed by atoms with Crippen LogP contribution in [0.15, 0.2) is 30.3 Å². The second-order valence-corrected chi connectivity index (χ2v) is 5.47. The van der Waals surface area contributed by atoms with Crippen LogP contribution < -0.4 is 10.1 Å². The number of hydrogen-bond donors (Lipinski definition) is 1. The van der Waals surface area contributed by atoms with E-state index in [-0.39, 0.29) is 17.6 Å². The lowest BCUT2D eigenvalue weighted by molar-refractivity contribution is 0.386. The molecule has 0 aliphatic rings. The van der Waals surface area contributed by atoms with Crippen LogP contribution in [0.25, 0.3) is 0 Å². The highest BCUT2D eigenvalue weighted by molar-refractivity contribution is 7.12. The summed E-state index contributed by atoms with van der Waals surface area (Å²) in [6.45, 7) is 2.14. The summed E-state index contributed by atoms with van der Waals surface area (Å²) in [7, 11) is 3.36. The van der Waals surface area contributed by atoms with E-state index >= 15 is 0 Å². The van der Waals surface area contributed by atoms with Crippen LogP contribution in [-0.4, -0.2) is 14.2 Å². The van der Waals surface area contributed by atoms with Crippen LogP contribution >= 0.6 is 11.3 Å². The Hall–Kier alpha value is -1.39. The second-order valence-electron chi connectivity index (χ2n) is 4.27. The number of aryl methyl sites for hydroxylation is 1. The monoisotopic (exact) mass is 279 g/mol. The molecule has 2 rings (SSSR count). The number of hydrogen-bond acceptors (Lipinski definition) is 3. The molecule has 0 bridgehead atoms. The largest absolute Gasteiger partial charge is 0.494 e. The van der Waals surface area contributed by atoms with E-state index in [0.717, 1.165) is 12.0 Å². The maximum Gasteiger partial charge on any atom is 0.165 e. The summed E-state index contributed by atoms with van der Waals surface area (Å²) in [4.78, 5) is 2.54. The molecule has 0 aliphatic heterocycles. The summed E-state index contributed by atoms with van der Waals surface area (Å²) < 4.78 is 18.7. The minimum Gasteiger partial charge on any atom is -0.494 e.